The number of hydrogen-bond acceptors (Lipinski definition) is 9. The number of oxime groups is 1. The number of sulfonamides is 1. The molecule has 0 bridgehead atoms. The molecule has 0 aliphatic carbocycles. The van der Waals surface area contributed by atoms with Gasteiger partial charge in [0, 0.05) is 56.7 Å². The molecule has 0 unspecified atom stereocenters. The number of piperidine rings is 1. The molecule has 1 saturated heterocycles. The number of amides is 1. The molecule has 2 aliphatic rings. The van der Waals surface area contributed by atoms with E-state index in [1.807, 2.05) is 20.8 Å². The van der Waals surface area contributed by atoms with E-state index in [1.54, 1.807) is 18.2 Å². The van der Waals surface area contributed by atoms with Gasteiger partial charge >= 0.3 is 6.09 Å². The van der Waals surface area contributed by atoms with Crippen molar-refractivity contribution < 1.29 is 32.6 Å². The van der Waals surface area contributed by atoms with E-state index < -0.39 is 27.3 Å². The SMILES string of the molecule is CC(C)(C)OC(=O)NCCOCCN1CCC2(CC1)C/C(=N\O)c1cc(NS(C)(=O)=O)ccc1O2. The zero-order valence-corrected chi connectivity index (χ0v) is 21.6. The van der Waals surface area contributed by atoms with Crippen LogP contribution in [-0.4, -0.2) is 87.2 Å². The molecule has 1 amide bonds. The summed E-state index contributed by atoms with van der Waals surface area (Å²) in [7, 11) is -3.42. The van der Waals surface area contributed by atoms with Crippen molar-refractivity contribution >= 4 is 27.5 Å². The molecule has 2 aliphatic heterocycles. The second kappa shape index (κ2) is 11.0. The summed E-state index contributed by atoms with van der Waals surface area (Å²) >= 11 is 0. The molecule has 3 N–H and O–H groups in total. The number of fused-ring (bicyclic) bond motifs is 1. The van der Waals surface area contributed by atoms with Crippen LogP contribution in [0.3, 0.4) is 0 Å². The molecule has 11 nitrogen and oxygen atoms in total. The third-order valence-electron chi connectivity index (χ3n) is 5.76. The van der Waals surface area contributed by atoms with Crippen LogP contribution in [0.5, 0.6) is 5.75 Å². The third-order valence-corrected chi connectivity index (χ3v) is 6.37. The molecule has 1 spiro atoms. The van der Waals surface area contributed by atoms with Crippen molar-refractivity contribution in [2.45, 2.75) is 51.2 Å². The van der Waals surface area contributed by atoms with Crippen molar-refractivity contribution in [3.63, 3.8) is 0 Å². The maximum Gasteiger partial charge on any atom is 0.407 e. The smallest absolute Gasteiger partial charge is 0.407 e. The predicted octanol–water partition coefficient (Wildman–Crippen LogP) is 2.39. The number of nitrogens with zero attached hydrogens (tertiary/aromatic N) is 2. The Morgan fingerprint density at radius 1 is 1.26 bits per heavy atom. The Morgan fingerprint density at radius 3 is 2.60 bits per heavy atom. The highest BCUT2D eigenvalue weighted by atomic mass is 32.2. The van der Waals surface area contributed by atoms with Crippen molar-refractivity contribution in [2.24, 2.45) is 5.16 Å². The lowest BCUT2D eigenvalue weighted by atomic mass is 9.82. The number of carbonyl (C=O) groups is 1. The van der Waals surface area contributed by atoms with Crippen LogP contribution in [0.2, 0.25) is 0 Å². The van der Waals surface area contributed by atoms with Gasteiger partial charge in [-0.15, -0.1) is 0 Å². The number of benzene rings is 1. The summed E-state index contributed by atoms with van der Waals surface area (Å²) in [6.45, 7) is 9.16. The molecule has 12 heteroatoms. The number of rotatable bonds is 8. The van der Waals surface area contributed by atoms with Crippen LogP contribution in [0, 0.1) is 0 Å². The maximum absolute atomic E-state index is 11.6. The first-order valence-electron chi connectivity index (χ1n) is 11.7. The Labute approximate surface area is 206 Å². The van der Waals surface area contributed by atoms with Gasteiger partial charge in [-0.25, -0.2) is 13.2 Å². The van der Waals surface area contributed by atoms with E-state index >= 15 is 0 Å². The van der Waals surface area contributed by atoms with Crippen molar-refractivity contribution in [1.82, 2.24) is 10.2 Å². The highest BCUT2D eigenvalue weighted by Crippen LogP contribution is 2.40. The normalized spacial score (nSPS) is 19.1. The third kappa shape index (κ3) is 8.25. The largest absolute Gasteiger partial charge is 0.486 e. The van der Waals surface area contributed by atoms with Gasteiger partial charge in [-0.05, 0) is 39.0 Å². The molecular weight excluding hydrogens is 476 g/mol. The lowest BCUT2D eigenvalue weighted by Gasteiger charge is -2.44. The minimum absolute atomic E-state index is 0.385. The van der Waals surface area contributed by atoms with Crippen LogP contribution < -0.4 is 14.8 Å². The quantitative estimate of drug-likeness (QED) is 0.274. The van der Waals surface area contributed by atoms with E-state index in [-0.39, 0.29) is 0 Å². The van der Waals surface area contributed by atoms with Crippen molar-refractivity contribution in [2.75, 3.05) is 50.4 Å². The average Bonchev–Trinajstić information content (AvgIpc) is 2.75. The summed E-state index contributed by atoms with van der Waals surface area (Å²) < 4.78 is 42.7. The number of anilines is 1. The first-order valence-corrected chi connectivity index (χ1v) is 13.6. The van der Waals surface area contributed by atoms with Gasteiger partial charge in [0.1, 0.15) is 17.0 Å². The molecule has 2 heterocycles. The summed E-state index contributed by atoms with van der Waals surface area (Å²) in [6.07, 6.45) is 2.59. The van der Waals surface area contributed by atoms with Crippen molar-refractivity contribution in [3.8, 4) is 5.75 Å². The lowest BCUT2D eigenvalue weighted by molar-refractivity contribution is -0.00515. The molecule has 1 aromatic carbocycles. The molecule has 0 radical (unpaired) electrons. The minimum Gasteiger partial charge on any atom is -0.486 e. The van der Waals surface area contributed by atoms with E-state index in [1.165, 1.54) is 0 Å². The van der Waals surface area contributed by atoms with Crippen LogP contribution in [0.15, 0.2) is 23.4 Å². The highest BCUT2D eigenvalue weighted by Gasteiger charge is 2.42. The number of likely N-dealkylation sites (tertiary alicyclic amines) is 1. The summed E-state index contributed by atoms with van der Waals surface area (Å²) in [5.41, 5.74) is 0.473. The zero-order chi connectivity index (χ0) is 25.7. The number of nitrogens with one attached hydrogen (secondary N) is 2. The molecule has 3 rings (SSSR count). The summed E-state index contributed by atoms with van der Waals surface area (Å²) in [6, 6.07) is 4.97. The lowest BCUT2D eigenvalue weighted by Crippen LogP contribution is -2.51. The van der Waals surface area contributed by atoms with E-state index in [0.717, 1.165) is 38.7 Å². The fraction of sp³-hybridized carbons (Fsp3) is 0.652. The van der Waals surface area contributed by atoms with E-state index in [4.69, 9.17) is 14.2 Å². The maximum atomic E-state index is 11.6. The number of carbonyl (C=O) groups excluding carboxylic acids is 1. The average molecular weight is 513 g/mol. The highest BCUT2D eigenvalue weighted by molar-refractivity contribution is 7.92. The fourth-order valence-electron chi connectivity index (χ4n) is 4.18. The Morgan fingerprint density at radius 2 is 1.97 bits per heavy atom. The van der Waals surface area contributed by atoms with Crippen LogP contribution >= 0.6 is 0 Å². The van der Waals surface area contributed by atoms with Gasteiger partial charge in [-0.3, -0.25) is 4.72 Å². The minimum atomic E-state index is -3.42. The second-order valence-electron chi connectivity index (χ2n) is 9.98. The predicted molar refractivity (Wildman–Crippen MR) is 132 cm³/mol. The van der Waals surface area contributed by atoms with Gasteiger partial charge in [0.15, 0.2) is 0 Å². The van der Waals surface area contributed by atoms with Gasteiger partial charge in [-0.1, -0.05) is 5.16 Å². The first-order chi connectivity index (χ1) is 16.4. The summed E-state index contributed by atoms with van der Waals surface area (Å²) in [5, 5.41) is 15.8. The topological polar surface area (TPSA) is 139 Å². The van der Waals surface area contributed by atoms with E-state index in [2.05, 4.69) is 20.1 Å². The summed E-state index contributed by atoms with van der Waals surface area (Å²) in [5.74, 6) is 0.581. The standard InChI is InChI=1S/C23H36N4O7S/c1-22(2,3)34-21(28)24-9-13-32-14-12-27-10-7-23(8-11-27)16-19(25-29)18-15-17(26-35(4,30)31)5-6-20(18)33-23/h5-6,15,26,29H,7-14,16H2,1-4H3,(H,24,28)/b25-19+. The Balaban J connectivity index is 1.44. The van der Waals surface area contributed by atoms with E-state index in [9.17, 15) is 18.4 Å². The van der Waals surface area contributed by atoms with Gasteiger partial charge in [0.2, 0.25) is 10.0 Å². The first kappa shape index (κ1) is 27.0. The Hall–Kier alpha value is -2.57. The van der Waals surface area contributed by atoms with Crippen LogP contribution in [0.4, 0.5) is 10.5 Å². The van der Waals surface area contributed by atoms with Crippen LogP contribution in [-0.2, 0) is 19.5 Å². The van der Waals surface area contributed by atoms with Gasteiger partial charge in [0.05, 0.1) is 25.2 Å². The monoisotopic (exact) mass is 512 g/mol. The molecule has 35 heavy (non-hydrogen) atoms. The van der Waals surface area contributed by atoms with E-state index in [0.29, 0.717) is 48.9 Å². The molecule has 196 valence electrons. The van der Waals surface area contributed by atoms with Crippen LogP contribution in [0.25, 0.3) is 0 Å². The number of ether oxygens (including phenoxy) is 3. The van der Waals surface area contributed by atoms with Gasteiger partial charge in [0.25, 0.3) is 0 Å². The van der Waals surface area contributed by atoms with Gasteiger partial charge in [-0.2, -0.15) is 0 Å². The molecular formula is C23H36N4O7S. The van der Waals surface area contributed by atoms with Crippen molar-refractivity contribution in [1.29, 1.82) is 0 Å². The Bertz CT molecular complexity index is 1030. The number of alkyl carbamates (subject to hydrolysis) is 1. The fourth-order valence-corrected chi connectivity index (χ4v) is 4.73. The molecule has 0 saturated carbocycles. The molecule has 1 aromatic rings. The molecule has 1 fully saturated rings. The van der Waals surface area contributed by atoms with Crippen molar-refractivity contribution in [3.05, 3.63) is 23.8 Å². The van der Waals surface area contributed by atoms with Crippen LogP contribution in [0.1, 0.15) is 45.6 Å². The second-order valence-corrected chi connectivity index (χ2v) is 11.7. The summed E-state index contributed by atoms with van der Waals surface area (Å²) in [4.78, 5) is 13.9. The molecule has 0 atom stereocenters. The Kier molecular flexibility index (Phi) is 8.50. The number of hydrogen-bond donors (Lipinski definition) is 3. The van der Waals surface area contributed by atoms with Gasteiger partial charge < -0.3 is 29.6 Å². The zero-order valence-electron chi connectivity index (χ0n) is 20.8. The molecule has 0 aromatic heterocycles.